The van der Waals surface area contributed by atoms with Crippen LogP contribution in [0, 0.1) is 18.0 Å². The Hall–Kier alpha value is -0.840. The summed E-state index contributed by atoms with van der Waals surface area (Å²) in [7, 11) is 0. The summed E-state index contributed by atoms with van der Waals surface area (Å²) in [4.78, 5) is 0. The van der Waals surface area contributed by atoms with Crippen molar-refractivity contribution in [2.24, 2.45) is 5.11 Å². The molecule has 20 valence electrons. The Morgan fingerprint density at radius 2 is 2.25 bits per heavy atom. The summed E-state index contributed by atoms with van der Waals surface area (Å²) in [6.07, 6.45) is 4.42. The molecule has 0 bridgehead atoms. The van der Waals surface area contributed by atoms with E-state index in [4.69, 9.17) is 5.53 Å². The van der Waals surface area contributed by atoms with Gasteiger partial charge in [-0.25, -0.2) is 0 Å². The van der Waals surface area contributed by atoms with Gasteiger partial charge in [0.2, 0.25) is 0 Å². The number of hydrogen-bond acceptors (Lipinski definition) is 2. The molecule has 0 rings (SSSR count). The molecule has 0 saturated carbocycles. The molecule has 0 unspecified atom stereocenters. The van der Waals surface area contributed by atoms with Crippen molar-refractivity contribution in [2.45, 2.75) is 0 Å². The van der Waals surface area contributed by atoms with Gasteiger partial charge in [0.05, 0.1) is 6.04 Å². The third kappa shape index (κ3) is 1.16. The van der Waals surface area contributed by atoms with Gasteiger partial charge in [-0.15, -0.1) is 5.11 Å². The van der Waals surface area contributed by atoms with E-state index in [2.05, 4.69) is 11.5 Å². The Bertz CT molecular complexity index is 49.5. The van der Waals surface area contributed by atoms with Crippen LogP contribution in [0.4, 0.5) is 0 Å². The lowest BCUT2D eigenvalue weighted by atomic mass is 11.2. The van der Waals surface area contributed by atoms with Crippen LogP contribution in [-0.4, -0.2) is 0 Å². The van der Waals surface area contributed by atoms with E-state index in [1.807, 2.05) is 0 Å². The monoisotopic (exact) mass is 54.0 g/mol. The number of nitrogens with one attached hydrogen (secondary N) is 1. The van der Waals surface area contributed by atoms with Crippen LogP contribution in [-0.2, 0) is 0 Å². The lowest BCUT2D eigenvalue weighted by Gasteiger charge is -1.38. The van der Waals surface area contributed by atoms with Crippen LogP contribution in [0.2, 0.25) is 0 Å². The molecule has 0 aliphatic heterocycles. The first-order valence-corrected chi connectivity index (χ1v) is 0.736. The molecule has 0 aromatic heterocycles. The zero-order valence-electron chi connectivity index (χ0n) is 2.02. The number of rotatable bonds is 0. The second-order valence-corrected chi connectivity index (χ2v) is 0.241. The first-order chi connectivity index (χ1) is 1.91. The van der Waals surface area contributed by atoms with Crippen molar-refractivity contribution in [2.75, 3.05) is 0 Å². The molecule has 0 fully saturated rings. The molecule has 4 heavy (non-hydrogen) atoms. The van der Waals surface area contributed by atoms with Crippen molar-refractivity contribution in [3.8, 4) is 12.5 Å². The third-order valence-electron chi connectivity index (χ3n) is 0.0645. The molecule has 0 aromatic carbocycles. The average Bonchev–Trinajstić information content (AvgIpc) is 1.37. The van der Waals surface area contributed by atoms with Crippen LogP contribution in [0.3, 0.4) is 0 Å². The summed E-state index contributed by atoms with van der Waals surface area (Å²) in [6.45, 7) is 0. The number of hydrogen-bond donors (Lipinski definition) is 1. The summed E-state index contributed by atoms with van der Waals surface area (Å²) < 4.78 is 0. The second-order valence-electron chi connectivity index (χ2n) is 0.241. The van der Waals surface area contributed by atoms with Gasteiger partial charge in [-0.3, -0.25) is 0 Å². The molecule has 0 aliphatic carbocycles. The van der Waals surface area contributed by atoms with Crippen molar-refractivity contribution in [1.82, 2.24) is 0 Å². The van der Waals surface area contributed by atoms with Crippen molar-refractivity contribution in [3.05, 3.63) is 0 Å². The second kappa shape index (κ2) is 2.16. The Balaban J connectivity index is 2.92. The Morgan fingerprint density at radius 3 is 2.25 bits per heavy atom. The summed E-state index contributed by atoms with van der Waals surface area (Å²) in [5.41, 5.74) is 5.84. The van der Waals surface area contributed by atoms with Gasteiger partial charge >= 0.3 is 0 Å². The molecule has 2 heteroatoms. The highest BCUT2D eigenvalue weighted by Gasteiger charge is 1.27. The summed E-state index contributed by atoms with van der Waals surface area (Å²) >= 11 is 0. The molecule has 0 amide bonds. The largest absolute Gasteiger partial charge is 0.195 e. The topological polar surface area (TPSA) is 36.2 Å². The zero-order chi connectivity index (χ0) is 3.41. The van der Waals surface area contributed by atoms with Crippen LogP contribution >= 0.6 is 0 Å². The van der Waals surface area contributed by atoms with E-state index in [0.29, 0.717) is 0 Å². The fourth-order valence-electron chi connectivity index (χ4n) is 0. The normalized spacial score (nSPS) is 3.75. The lowest BCUT2D eigenvalue weighted by Crippen LogP contribution is -1.23. The molecule has 0 aromatic rings. The van der Waals surface area contributed by atoms with E-state index < -0.39 is 0 Å². The van der Waals surface area contributed by atoms with E-state index in [-0.39, 0.29) is 0 Å². The van der Waals surface area contributed by atoms with Gasteiger partial charge in [0, 0.05) is 0 Å². The van der Waals surface area contributed by atoms with Gasteiger partial charge in [-0.05, 0) is 0 Å². The van der Waals surface area contributed by atoms with Gasteiger partial charge in [0.1, 0.15) is 0 Å². The molecular formula is C2H2N2. The Kier molecular flexibility index (Phi) is 1.71. The molecule has 0 spiro atoms. The van der Waals surface area contributed by atoms with Gasteiger partial charge in [-0.2, -0.15) is 5.53 Å². The zero-order valence-corrected chi connectivity index (χ0v) is 2.02. The fourth-order valence-corrected chi connectivity index (χ4v) is 0. The number of terminal acetylenes is 1. The molecule has 0 atom stereocenters. The molecular weight excluding hydrogens is 52.0 g/mol. The molecule has 0 radical (unpaired) electrons. The van der Waals surface area contributed by atoms with Crippen molar-refractivity contribution < 1.29 is 0 Å². The Morgan fingerprint density at radius 1 is 2.00 bits per heavy atom. The maximum Gasteiger partial charge on any atom is 0.0535 e. The van der Waals surface area contributed by atoms with Gasteiger partial charge < -0.3 is 0 Å². The molecule has 2 nitrogen and oxygen atoms in total. The highest BCUT2D eigenvalue weighted by Crippen LogP contribution is 1.41. The van der Waals surface area contributed by atoms with Crippen LogP contribution in [0.5, 0.6) is 0 Å². The highest BCUT2D eigenvalue weighted by molar-refractivity contribution is 4.74. The molecule has 0 heterocycles. The summed E-state index contributed by atoms with van der Waals surface area (Å²) in [5.74, 6) is 0. The van der Waals surface area contributed by atoms with Gasteiger partial charge in [0.25, 0.3) is 0 Å². The van der Waals surface area contributed by atoms with Gasteiger partial charge in [0.15, 0.2) is 0 Å². The maximum absolute atomic E-state index is 5.84. The third-order valence-corrected chi connectivity index (χ3v) is 0.0645. The van der Waals surface area contributed by atoms with Crippen LogP contribution in [0.15, 0.2) is 5.11 Å². The predicted octanol–water partition coefficient (Wildman–Crippen LogP) is 0.608. The van der Waals surface area contributed by atoms with Crippen molar-refractivity contribution >= 4 is 0 Å². The Labute approximate surface area is 24.3 Å². The molecule has 0 saturated heterocycles. The van der Waals surface area contributed by atoms with E-state index >= 15 is 0 Å². The minimum absolute atomic E-state index is 1.72. The fraction of sp³-hybridized carbons (Fsp3) is 0. The predicted molar refractivity (Wildman–Crippen MR) is 14.0 cm³/mol. The van der Waals surface area contributed by atoms with Gasteiger partial charge in [-0.1, -0.05) is 6.42 Å². The average molecular weight is 54.1 g/mol. The lowest BCUT2D eigenvalue weighted by molar-refractivity contribution is 1.18. The van der Waals surface area contributed by atoms with E-state index in [9.17, 15) is 0 Å². The number of nitrogens with zero attached hydrogens (tertiary/aromatic N) is 1. The van der Waals surface area contributed by atoms with Crippen molar-refractivity contribution in [3.63, 3.8) is 0 Å². The minimum Gasteiger partial charge on any atom is -0.195 e. The summed E-state index contributed by atoms with van der Waals surface area (Å²) in [6, 6.07) is 1.72. The van der Waals surface area contributed by atoms with Crippen LogP contribution in [0.1, 0.15) is 0 Å². The van der Waals surface area contributed by atoms with Crippen LogP contribution in [0.25, 0.3) is 0 Å². The highest BCUT2D eigenvalue weighted by atomic mass is 14.9. The summed E-state index contributed by atoms with van der Waals surface area (Å²) in [5, 5.41) is 2.51. The first kappa shape index (κ1) is 3.16. The van der Waals surface area contributed by atoms with Crippen molar-refractivity contribution in [1.29, 1.82) is 5.53 Å². The van der Waals surface area contributed by atoms with E-state index in [0.717, 1.165) is 0 Å². The standard InChI is InChI=1S/C2H2N2/c1-2-4-3/h1,3H. The minimum atomic E-state index is 1.72. The van der Waals surface area contributed by atoms with Crippen LogP contribution < -0.4 is 0 Å². The first-order valence-electron chi connectivity index (χ1n) is 0.736. The van der Waals surface area contributed by atoms with E-state index in [1.165, 1.54) is 0 Å². The molecule has 1 N–H and O–H groups in total. The SMILES string of the molecule is C#CN=N. The smallest absolute Gasteiger partial charge is 0.0535 e. The quantitative estimate of drug-likeness (QED) is 0.310. The van der Waals surface area contributed by atoms with E-state index in [1.54, 1.807) is 6.04 Å². The molecule has 0 aliphatic rings. The maximum atomic E-state index is 5.84.